The Morgan fingerprint density at radius 1 is 1.25 bits per heavy atom. The number of rotatable bonds is 7. The molecule has 0 aliphatic heterocycles. The third-order valence-corrected chi connectivity index (χ3v) is 2.52. The van der Waals surface area contributed by atoms with Crippen molar-refractivity contribution in [1.29, 1.82) is 0 Å². The van der Waals surface area contributed by atoms with Gasteiger partial charge < -0.3 is 15.3 Å². The molecule has 106 valence electrons. The van der Waals surface area contributed by atoms with Crippen LogP contribution in [0.3, 0.4) is 0 Å². The first kappa shape index (κ1) is 15.5. The average molecular weight is 274 g/mol. The van der Waals surface area contributed by atoms with Gasteiger partial charge >= 0.3 is 12.0 Å². The monoisotopic (exact) mass is 274 g/mol. The second-order valence-corrected chi connectivity index (χ2v) is 4.18. The van der Waals surface area contributed by atoms with Crippen LogP contribution in [-0.2, 0) is 11.2 Å². The number of hydrogen-bond donors (Lipinski definition) is 2. The van der Waals surface area contributed by atoms with E-state index in [1.54, 1.807) is 36.4 Å². The highest BCUT2D eigenvalue weighted by Crippen LogP contribution is 2.12. The average Bonchev–Trinajstić information content (AvgIpc) is 2.38. The number of benzene rings is 1. The standard InChI is InChI=1S/C15H18N2O3/c1-3-8-17(9-4-2)15(20)16-13-7-5-6-12(10-13)11-14(18)19/h3-7,10H,1-2,8-9,11H2,(H,16,20)(H,18,19). The highest BCUT2D eigenvalue weighted by molar-refractivity contribution is 5.89. The van der Waals surface area contributed by atoms with Gasteiger partial charge in [-0.1, -0.05) is 24.3 Å². The van der Waals surface area contributed by atoms with E-state index >= 15 is 0 Å². The molecule has 0 saturated heterocycles. The van der Waals surface area contributed by atoms with Crippen molar-refractivity contribution in [1.82, 2.24) is 4.90 Å². The largest absolute Gasteiger partial charge is 0.481 e. The molecule has 1 rings (SSSR count). The van der Waals surface area contributed by atoms with Crippen molar-refractivity contribution >= 4 is 17.7 Å². The normalized spacial score (nSPS) is 9.60. The van der Waals surface area contributed by atoms with Gasteiger partial charge in [-0.05, 0) is 17.7 Å². The predicted octanol–water partition coefficient (Wildman–Crippen LogP) is 2.52. The number of hydrogen-bond acceptors (Lipinski definition) is 2. The lowest BCUT2D eigenvalue weighted by molar-refractivity contribution is -0.136. The zero-order chi connectivity index (χ0) is 15.0. The van der Waals surface area contributed by atoms with Gasteiger partial charge in [0.15, 0.2) is 0 Å². The lowest BCUT2D eigenvalue weighted by Gasteiger charge is -2.20. The number of nitrogens with one attached hydrogen (secondary N) is 1. The van der Waals surface area contributed by atoms with E-state index in [1.807, 2.05) is 0 Å². The maximum atomic E-state index is 12.0. The van der Waals surface area contributed by atoms with Gasteiger partial charge in [0, 0.05) is 18.8 Å². The van der Waals surface area contributed by atoms with Gasteiger partial charge in [0.25, 0.3) is 0 Å². The van der Waals surface area contributed by atoms with E-state index in [4.69, 9.17) is 5.11 Å². The Labute approximate surface area is 118 Å². The van der Waals surface area contributed by atoms with Crippen molar-refractivity contribution in [3.05, 3.63) is 55.1 Å². The first-order valence-corrected chi connectivity index (χ1v) is 6.15. The second kappa shape index (κ2) is 7.78. The van der Waals surface area contributed by atoms with E-state index in [9.17, 15) is 9.59 Å². The van der Waals surface area contributed by atoms with Gasteiger partial charge in [0.2, 0.25) is 0 Å². The molecule has 0 fully saturated rings. The molecule has 0 atom stereocenters. The van der Waals surface area contributed by atoms with Crippen LogP contribution in [-0.4, -0.2) is 35.1 Å². The lowest BCUT2D eigenvalue weighted by Crippen LogP contribution is -2.35. The van der Waals surface area contributed by atoms with Crippen molar-refractivity contribution < 1.29 is 14.7 Å². The number of carbonyl (C=O) groups is 2. The van der Waals surface area contributed by atoms with Crippen LogP contribution in [0.1, 0.15) is 5.56 Å². The predicted molar refractivity (Wildman–Crippen MR) is 78.8 cm³/mol. The summed E-state index contributed by atoms with van der Waals surface area (Å²) in [5, 5.41) is 11.5. The summed E-state index contributed by atoms with van der Waals surface area (Å²) in [4.78, 5) is 24.2. The summed E-state index contributed by atoms with van der Waals surface area (Å²) in [6.45, 7) is 8.01. The Balaban J connectivity index is 2.75. The van der Waals surface area contributed by atoms with Gasteiger partial charge in [-0.2, -0.15) is 0 Å². The summed E-state index contributed by atoms with van der Waals surface area (Å²) >= 11 is 0. The molecule has 0 aliphatic carbocycles. The summed E-state index contributed by atoms with van der Waals surface area (Å²) in [7, 11) is 0. The van der Waals surface area contributed by atoms with Gasteiger partial charge in [0.1, 0.15) is 0 Å². The molecule has 0 aromatic heterocycles. The molecule has 2 N–H and O–H groups in total. The van der Waals surface area contributed by atoms with Crippen LogP contribution >= 0.6 is 0 Å². The zero-order valence-corrected chi connectivity index (χ0v) is 11.2. The van der Waals surface area contributed by atoms with E-state index in [0.29, 0.717) is 24.3 Å². The summed E-state index contributed by atoms with van der Waals surface area (Å²) in [5.41, 5.74) is 1.20. The van der Waals surface area contributed by atoms with Gasteiger partial charge in [0.05, 0.1) is 6.42 Å². The van der Waals surface area contributed by atoms with Gasteiger partial charge in [-0.3, -0.25) is 4.79 Å². The number of anilines is 1. The van der Waals surface area contributed by atoms with E-state index in [1.165, 1.54) is 4.90 Å². The summed E-state index contributed by atoms with van der Waals surface area (Å²) in [5.74, 6) is -0.909. The van der Waals surface area contributed by atoms with Crippen LogP contribution in [0.5, 0.6) is 0 Å². The van der Waals surface area contributed by atoms with Crippen LogP contribution in [0.2, 0.25) is 0 Å². The molecule has 1 aromatic rings. The zero-order valence-electron chi connectivity index (χ0n) is 11.2. The Kier molecular flexibility index (Phi) is 6.03. The Bertz CT molecular complexity index is 502. The number of nitrogens with zero attached hydrogens (tertiary/aromatic N) is 1. The first-order chi connectivity index (χ1) is 9.56. The molecular weight excluding hydrogens is 256 g/mol. The van der Waals surface area contributed by atoms with Crippen molar-refractivity contribution in [2.24, 2.45) is 0 Å². The van der Waals surface area contributed by atoms with Crippen LogP contribution in [0, 0.1) is 0 Å². The third kappa shape index (κ3) is 4.97. The molecular formula is C15H18N2O3. The summed E-state index contributed by atoms with van der Waals surface area (Å²) in [6, 6.07) is 6.49. The summed E-state index contributed by atoms with van der Waals surface area (Å²) in [6.07, 6.45) is 3.18. The molecule has 0 saturated carbocycles. The number of aliphatic carboxylic acids is 1. The van der Waals surface area contributed by atoms with Gasteiger partial charge in [-0.25, -0.2) is 4.79 Å². The molecule has 0 aliphatic rings. The number of urea groups is 1. The van der Waals surface area contributed by atoms with E-state index in [0.717, 1.165) is 0 Å². The summed E-state index contributed by atoms with van der Waals surface area (Å²) < 4.78 is 0. The minimum atomic E-state index is -0.909. The third-order valence-electron chi connectivity index (χ3n) is 2.52. The smallest absolute Gasteiger partial charge is 0.322 e. The van der Waals surface area contributed by atoms with Crippen molar-refractivity contribution in [2.75, 3.05) is 18.4 Å². The Morgan fingerprint density at radius 3 is 2.45 bits per heavy atom. The molecule has 1 aromatic carbocycles. The molecule has 0 spiro atoms. The molecule has 0 bridgehead atoms. The first-order valence-electron chi connectivity index (χ1n) is 6.15. The van der Waals surface area contributed by atoms with Crippen LogP contribution < -0.4 is 5.32 Å². The Morgan fingerprint density at radius 2 is 1.90 bits per heavy atom. The quantitative estimate of drug-likeness (QED) is 0.751. The van der Waals surface area contributed by atoms with Crippen molar-refractivity contribution in [2.45, 2.75) is 6.42 Å². The van der Waals surface area contributed by atoms with Crippen LogP contribution in [0.25, 0.3) is 0 Å². The molecule has 0 heterocycles. The second-order valence-electron chi connectivity index (χ2n) is 4.18. The number of carbonyl (C=O) groups excluding carboxylic acids is 1. The molecule has 0 unspecified atom stereocenters. The fraction of sp³-hybridized carbons (Fsp3) is 0.200. The SMILES string of the molecule is C=CCN(CC=C)C(=O)Nc1cccc(CC(=O)O)c1. The number of carboxylic acid groups (broad SMARTS) is 1. The number of carboxylic acids is 1. The fourth-order valence-corrected chi connectivity index (χ4v) is 1.69. The van der Waals surface area contributed by atoms with E-state index < -0.39 is 5.97 Å². The minimum Gasteiger partial charge on any atom is -0.481 e. The minimum absolute atomic E-state index is 0.0766. The topological polar surface area (TPSA) is 69.6 Å². The highest BCUT2D eigenvalue weighted by Gasteiger charge is 2.11. The maximum absolute atomic E-state index is 12.0. The lowest BCUT2D eigenvalue weighted by atomic mass is 10.1. The molecule has 2 amide bonds. The van der Waals surface area contributed by atoms with E-state index in [2.05, 4.69) is 18.5 Å². The van der Waals surface area contributed by atoms with E-state index in [-0.39, 0.29) is 12.5 Å². The van der Waals surface area contributed by atoms with Crippen molar-refractivity contribution in [3.8, 4) is 0 Å². The Hall–Kier alpha value is -2.56. The maximum Gasteiger partial charge on any atom is 0.322 e. The highest BCUT2D eigenvalue weighted by atomic mass is 16.4. The molecule has 5 nitrogen and oxygen atoms in total. The molecule has 5 heteroatoms. The van der Waals surface area contributed by atoms with Crippen LogP contribution in [0.15, 0.2) is 49.6 Å². The van der Waals surface area contributed by atoms with Crippen molar-refractivity contribution in [3.63, 3.8) is 0 Å². The van der Waals surface area contributed by atoms with Crippen LogP contribution in [0.4, 0.5) is 10.5 Å². The molecule has 0 radical (unpaired) electrons. The number of amides is 2. The molecule has 20 heavy (non-hydrogen) atoms. The fourth-order valence-electron chi connectivity index (χ4n) is 1.69. The van der Waals surface area contributed by atoms with Gasteiger partial charge in [-0.15, -0.1) is 13.2 Å².